The predicted molar refractivity (Wildman–Crippen MR) is 112 cm³/mol. The van der Waals surface area contributed by atoms with E-state index in [1.807, 2.05) is 61.5 Å². The molecule has 1 saturated heterocycles. The molecule has 1 atom stereocenters. The van der Waals surface area contributed by atoms with Crippen LogP contribution in [0.1, 0.15) is 53.8 Å². The zero-order chi connectivity index (χ0) is 20.2. The molecule has 1 unspecified atom stereocenters. The van der Waals surface area contributed by atoms with Crippen LogP contribution in [0.5, 0.6) is 5.75 Å². The van der Waals surface area contributed by atoms with Crippen molar-refractivity contribution in [3.63, 3.8) is 0 Å². The molecular formula is C23H26N4O2. The summed E-state index contributed by atoms with van der Waals surface area (Å²) in [6.07, 6.45) is 8.48. The van der Waals surface area contributed by atoms with E-state index in [9.17, 15) is 4.79 Å². The number of carbonyl (C=O) groups excluding carboxylic acids is 1. The maximum Gasteiger partial charge on any atom is 0.258 e. The van der Waals surface area contributed by atoms with E-state index in [1.54, 1.807) is 6.20 Å². The Morgan fingerprint density at radius 1 is 1.21 bits per heavy atom. The highest BCUT2D eigenvalue weighted by Gasteiger charge is 2.32. The number of ether oxygens (including phenoxy) is 1. The Morgan fingerprint density at radius 2 is 2.07 bits per heavy atom. The van der Waals surface area contributed by atoms with E-state index >= 15 is 0 Å². The van der Waals surface area contributed by atoms with Gasteiger partial charge in [-0.3, -0.25) is 14.9 Å². The standard InChI is InChI=1S/C23H26N4O2/c1-3-29-21-10-5-4-8-18(21)23(28)27-13-7-6-9-20(27)22-19(15-25-26-22)17-11-12-24-14-16(17)2/h4-5,8,10-12,14-15,20H,3,6-7,9,13H2,1-2H3,(H,25,26). The third kappa shape index (κ3) is 3.75. The number of benzene rings is 1. The molecule has 1 aliphatic heterocycles. The molecule has 0 saturated carbocycles. The lowest BCUT2D eigenvalue weighted by Crippen LogP contribution is -2.39. The number of carbonyl (C=O) groups is 1. The van der Waals surface area contributed by atoms with E-state index in [-0.39, 0.29) is 11.9 Å². The van der Waals surface area contributed by atoms with Gasteiger partial charge in [0.05, 0.1) is 30.1 Å². The molecule has 0 aliphatic carbocycles. The molecule has 150 valence electrons. The fourth-order valence-corrected chi connectivity index (χ4v) is 4.09. The fraction of sp³-hybridized carbons (Fsp3) is 0.348. The summed E-state index contributed by atoms with van der Waals surface area (Å²) in [6, 6.07) is 9.45. The summed E-state index contributed by atoms with van der Waals surface area (Å²) < 4.78 is 5.71. The molecule has 3 aromatic rings. The summed E-state index contributed by atoms with van der Waals surface area (Å²) in [6.45, 7) is 5.22. The van der Waals surface area contributed by atoms with Crippen molar-refractivity contribution in [1.82, 2.24) is 20.1 Å². The van der Waals surface area contributed by atoms with Crippen molar-refractivity contribution >= 4 is 5.91 Å². The Balaban J connectivity index is 1.71. The normalized spacial score (nSPS) is 16.6. The quantitative estimate of drug-likeness (QED) is 0.694. The molecule has 6 heteroatoms. The molecule has 6 nitrogen and oxygen atoms in total. The topological polar surface area (TPSA) is 71.1 Å². The molecule has 3 heterocycles. The summed E-state index contributed by atoms with van der Waals surface area (Å²) >= 11 is 0. The number of piperidine rings is 1. The van der Waals surface area contributed by atoms with Gasteiger partial charge in [-0.1, -0.05) is 12.1 Å². The van der Waals surface area contributed by atoms with Crippen molar-refractivity contribution in [3.05, 3.63) is 65.7 Å². The number of para-hydroxylation sites is 1. The summed E-state index contributed by atoms with van der Waals surface area (Å²) in [5.41, 5.74) is 4.82. The van der Waals surface area contributed by atoms with Crippen molar-refractivity contribution in [3.8, 4) is 16.9 Å². The molecule has 1 aliphatic rings. The molecular weight excluding hydrogens is 364 g/mol. The number of amides is 1. The van der Waals surface area contributed by atoms with Gasteiger partial charge in [0.15, 0.2) is 0 Å². The summed E-state index contributed by atoms with van der Waals surface area (Å²) in [4.78, 5) is 19.7. The molecule has 1 fully saturated rings. The molecule has 1 amide bonds. The summed E-state index contributed by atoms with van der Waals surface area (Å²) in [5, 5.41) is 7.50. The number of aromatic amines is 1. The monoisotopic (exact) mass is 390 g/mol. The maximum atomic E-state index is 13.5. The van der Waals surface area contributed by atoms with Crippen molar-refractivity contribution in [2.24, 2.45) is 0 Å². The molecule has 1 aromatic carbocycles. The van der Waals surface area contributed by atoms with Gasteiger partial charge in [0, 0.05) is 24.5 Å². The van der Waals surface area contributed by atoms with E-state index in [2.05, 4.69) is 15.2 Å². The minimum absolute atomic E-state index is 0.00532. The number of pyridine rings is 1. The van der Waals surface area contributed by atoms with Crippen LogP contribution in [0, 0.1) is 6.92 Å². The van der Waals surface area contributed by atoms with Gasteiger partial charge in [0.2, 0.25) is 0 Å². The smallest absolute Gasteiger partial charge is 0.258 e. The van der Waals surface area contributed by atoms with Crippen LogP contribution in [0.25, 0.3) is 11.1 Å². The Kier molecular flexibility index (Phi) is 5.60. The van der Waals surface area contributed by atoms with Crippen molar-refractivity contribution in [2.75, 3.05) is 13.2 Å². The number of hydrogen-bond acceptors (Lipinski definition) is 4. The average Bonchev–Trinajstić information content (AvgIpc) is 3.24. The number of H-pyrrole nitrogens is 1. The van der Waals surface area contributed by atoms with Crippen LogP contribution in [0.3, 0.4) is 0 Å². The number of nitrogens with one attached hydrogen (secondary N) is 1. The average molecular weight is 390 g/mol. The molecule has 29 heavy (non-hydrogen) atoms. The van der Waals surface area contributed by atoms with Crippen LogP contribution >= 0.6 is 0 Å². The van der Waals surface area contributed by atoms with Gasteiger partial charge in [-0.2, -0.15) is 5.10 Å². The zero-order valence-electron chi connectivity index (χ0n) is 16.9. The first-order valence-corrected chi connectivity index (χ1v) is 10.2. The third-order valence-electron chi connectivity index (χ3n) is 5.49. The fourth-order valence-electron chi connectivity index (χ4n) is 4.09. The van der Waals surface area contributed by atoms with Gasteiger partial charge in [-0.25, -0.2) is 0 Å². The van der Waals surface area contributed by atoms with Crippen molar-refractivity contribution < 1.29 is 9.53 Å². The van der Waals surface area contributed by atoms with Gasteiger partial charge >= 0.3 is 0 Å². The first kappa shape index (κ1) is 19.2. The van der Waals surface area contributed by atoms with Gasteiger partial charge in [0.1, 0.15) is 5.75 Å². The van der Waals surface area contributed by atoms with Crippen LogP contribution in [0.2, 0.25) is 0 Å². The van der Waals surface area contributed by atoms with Crippen LogP contribution in [0.4, 0.5) is 0 Å². The predicted octanol–water partition coefficient (Wildman–Crippen LogP) is 4.55. The Hall–Kier alpha value is -3.15. The highest BCUT2D eigenvalue weighted by atomic mass is 16.5. The lowest BCUT2D eigenvalue weighted by Gasteiger charge is -2.36. The number of rotatable bonds is 5. The Labute approximate surface area is 170 Å². The Morgan fingerprint density at radius 3 is 2.90 bits per heavy atom. The lowest BCUT2D eigenvalue weighted by atomic mass is 9.93. The largest absolute Gasteiger partial charge is 0.493 e. The number of aromatic nitrogens is 3. The maximum absolute atomic E-state index is 13.5. The van der Waals surface area contributed by atoms with E-state index in [1.165, 1.54) is 0 Å². The van der Waals surface area contributed by atoms with Crippen molar-refractivity contribution in [2.45, 2.75) is 39.2 Å². The molecule has 4 rings (SSSR count). The first-order valence-electron chi connectivity index (χ1n) is 10.2. The summed E-state index contributed by atoms with van der Waals surface area (Å²) in [5.74, 6) is 0.643. The number of hydrogen-bond donors (Lipinski definition) is 1. The highest BCUT2D eigenvalue weighted by molar-refractivity contribution is 5.97. The first-order chi connectivity index (χ1) is 14.2. The van der Waals surface area contributed by atoms with Crippen LogP contribution in [-0.2, 0) is 0 Å². The van der Waals surface area contributed by atoms with Crippen LogP contribution in [-0.4, -0.2) is 39.1 Å². The van der Waals surface area contributed by atoms with Gasteiger partial charge in [0.25, 0.3) is 5.91 Å². The van der Waals surface area contributed by atoms with E-state index < -0.39 is 0 Å². The van der Waals surface area contributed by atoms with Crippen molar-refractivity contribution in [1.29, 1.82) is 0 Å². The van der Waals surface area contributed by atoms with Crippen LogP contribution < -0.4 is 4.74 Å². The molecule has 1 N–H and O–H groups in total. The van der Waals surface area contributed by atoms with E-state index in [0.717, 1.165) is 48.2 Å². The summed E-state index contributed by atoms with van der Waals surface area (Å²) in [7, 11) is 0. The van der Waals surface area contributed by atoms with Gasteiger partial charge in [-0.15, -0.1) is 0 Å². The van der Waals surface area contributed by atoms with Crippen LogP contribution in [0.15, 0.2) is 48.9 Å². The number of aryl methyl sites for hydroxylation is 1. The zero-order valence-corrected chi connectivity index (χ0v) is 16.9. The number of nitrogens with zero attached hydrogens (tertiary/aromatic N) is 3. The number of likely N-dealkylation sites (tertiary alicyclic amines) is 1. The molecule has 0 spiro atoms. The Bertz CT molecular complexity index is 998. The van der Waals surface area contributed by atoms with Gasteiger partial charge < -0.3 is 9.64 Å². The van der Waals surface area contributed by atoms with E-state index in [0.29, 0.717) is 17.9 Å². The molecule has 2 aromatic heterocycles. The lowest BCUT2D eigenvalue weighted by molar-refractivity contribution is 0.0602. The second kappa shape index (κ2) is 8.47. The SMILES string of the molecule is CCOc1ccccc1C(=O)N1CCCCC1c1[nH]ncc1-c1ccncc1C. The van der Waals surface area contributed by atoms with E-state index in [4.69, 9.17) is 4.74 Å². The highest BCUT2D eigenvalue weighted by Crippen LogP contribution is 2.37. The minimum atomic E-state index is -0.0454. The minimum Gasteiger partial charge on any atom is -0.493 e. The second-order valence-corrected chi connectivity index (χ2v) is 7.33. The third-order valence-corrected chi connectivity index (χ3v) is 5.49. The second-order valence-electron chi connectivity index (χ2n) is 7.33. The van der Waals surface area contributed by atoms with Gasteiger partial charge in [-0.05, 0) is 62.4 Å². The molecule has 0 bridgehead atoms. The molecule has 0 radical (unpaired) electrons.